The third-order valence-electron chi connectivity index (χ3n) is 11.4. The van der Waals surface area contributed by atoms with E-state index >= 15 is 0 Å². The quantitative estimate of drug-likeness (QED) is 0.168. The third-order valence-corrected chi connectivity index (χ3v) is 12.5. The van der Waals surface area contributed by atoms with Gasteiger partial charge in [-0.25, -0.2) is 0 Å². The van der Waals surface area contributed by atoms with E-state index in [0.29, 0.717) is 12.0 Å². The fraction of sp³-hybridized carbons (Fsp3) is 0.410. The van der Waals surface area contributed by atoms with Crippen molar-refractivity contribution in [2.24, 2.45) is 0 Å². The molecule has 9 rings (SSSR count). The van der Waals surface area contributed by atoms with Gasteiger partial charge in [0, 0.05) is 51.2 Å². The van der Waals surface area contributed by atoms with Crippen LogP contribution in [0.2, 0.25) is 0 Å². The summed E-state index contributed by atoms with van der Waals surface area (Å²) in [4.78, 5) is 1.46. The molecule has 3 atom stereocenters. The minimum absolute atomic E-state index is 0.0546. The second kappa shape index (κ2) is 9.00. The van der Waals surface area contributed by atoms with Gasteiger partial charge in [-0.05, 0) is 58.5 Å². The molecule has 3 nitrogen and oxygen atoms in total. The fourth-order valence-corrected chi connectivity index (χ4v) is 10.8. The number of benzene rings is 3. The number of fused-ring (bicyclic) bond motifs is 14. The molecule has 4 heteroatoms. The molecule has 3 unspecified atom stereocenters. The summed E-state index contributed by atoms with van der Waals surface area (Å²) in [5, 5.41) is 6.95. The van der Waals surface area contributed by atoms with E-state index in [0.717, 1.165) is 0 Å². The Bertz CT molecular complexity index is 1960. The van der Waals surface area contributed by atoms with Crippen LogP contribution in [-0.2, 0) is 10.2 Å². The van der Waals surface area contributed by atoms with Crippen molar-refractivity contribution in [1.29, 1.82) is 0 Å². The molecular weight excluding hydrogens is 545 g/mol. The standard InChI is InChI=1S/C39H41N2OS/c1-22(2)27-21-30-32-26(19-20-28-33(32)36-34(38(28,3)4)25-16-10-12-18-31(25)43-36)35-37(41(30)29-17-11-9-15-24(27)29)39(35,42-5)40-23-13-7-6-8-14-23/h9-12,15-23,35,37,40H,6-8,13-14H2,1-5H3/q+1. The van der Waals surface area contributed by atoms with Crippen LogP contribution in [0.3, 0.4) is 0 Å². The van der Waals surface area contributed by atoms with E-state index in [1.54, 1.807) is 0 Å². The maximum Gasteiger partial charge on any atom is 0.214 e. The number of nitrogens with one attached hydrogen (secondary N) is 1. The lowest BCUT2D eigenvalue weighted by molar-refractivity contribution is -0.674. The molecule has 1 N–H and O–H groups in total. The molecule has 2 saturated carbocycles. The van der Waals surface area contributed by atoms with Crippen molar-refractivity contribution >= 4 is 32.3 Å². The van der Waals surface area contributed by atoms with Gasteiger partial charge in [0.1, 0.15) is 5.92 Å². The lowest BCUT2D eigenvalue weighted by Gasteiger charge is -2.27. The molecule has 2 aromatic heterocycles. The first kappa shape index (κ1) is 26.4. The number of methoxy groups -OCH3 is 1. The Morgan fingerprint density at radius 1 is 0.907 bits per heavy atom. The van der Waals surface area contributed by atoms with E-state index in [1.807, 2.05) is 18.4 Å². The van der Waals surface area contributed by atoms with Crippen LogP contribution in [-0.4, -0.2) is 18.9 Å². The average Bonchev–Trinajstić information content (AvgIpc) is 3.39. The molecule has 3 heterocycles. The first-order valence-electron chi connectivity index (χ1n) is 16.4. The Kier molecular flexibility index (Phi) is 5.52. The second-order valence-corrected chi connectivity index (χ2v) is 15.4. The van der Waals surface area contributed by atoms with Crippen LogP contribution in [0, 0.1) is 0 Å². The molecule has 0 spiro atoms. The molecular formula is C39H41N2OS+. The second-order valence-electron chi connectivity index (χ2n) is 14.3. The van der Waals surface area contributed by atoms with E-state index in [1.165, 1.54) is 97.0 Å². The van der Waals surface area contributed by atoms with Gasteiger partial charge in [0.25, 0.3) is 0 Å². The van der Waals surface area contributed by atoms with Crippen LogP contribution in [0.4, 0.5) is 0 Å². The first-order chi connectivity index (χ1) is 20.9. The highest BCUT2D eigenvalue weighted by Gasteiger charge is 2.77. The van der Waals surface area contributed by atoms with Crippen LogP contribution in [0.1, 0.15) is 99.9 Å². The molecule has 0 amide bonds. The highest BCUT2D eigenvalue weighted by molar-refractivity contribution is 7.22. The molecule has 0 bridgehead atoms. The van der Waals surface area contributed by atoms with Crippen LogP contribution >= 0.6 is 11.3 Å². The number of hydrogen-bond donors (Lipinski definition) is 1. The molecule has 218 valence electrons. The number of rotatable bonds is 4. The van der Waals surface area contributed by atoms with Crippen molar-refractivity contribution in [3.05, 3.63) is 89.0 Å². The van der Waals surface area contributed by atoms with E-state index in [4.69, 9.17) is 4.74 Å². The van der Waals surface area contributed by atoms with Crippen LogP contribution < -0.4 is 9.88 Å². The molecule has 1 aliphatic heterocycles. The molecule has 0 radical (unpaired) electrons. The summed E-state index contributed by atoms with van der Waals surface area (Å²) in [5.74, 6) is 0.698. The number of nitrogens with zero attached hydrogens (tertiary/aromatic N) is 1. The molecule has 0 saturated heterocycles. The summed E-state index contributed by atoms with van der Waals surface area (Å²) in [6.45, 7) is 9.55. The SMILES string of the molecule is COC1(NC2CCCCC2)C2c3ccc4c(c3-c3cc(C(C)C)c5ccccc5[n+]3C21)-c1sc2ccccc2c1C4(C)C. The number of ether oxygens (including phenoxy) is 1. The summed E-state index contributed by atoms with van der Waals surface area (Å²) < 4.78 is 10.8. The Hall–Kier alpha value is -3.05. The molecule has 43 heavy (non-hydrogen) atoms. The monoisotopic (exact) mass is 585 g/mol. The van der Waals surface area contributed by atoms with Gasteiger partial charge in [0.2, 0.25) is 17.3 Å². The van der Waals surface area contributed by atoms with Crippen molar-refractivity contribution in [3.8, 4) is 21.7 Å². The van der Waals surface area contributed by atoms with Gasteiger partial charge in [-0.3, -0.25) is 5.32 Å². The summed E-state index contributed by atoms with van der Waals surface area (Å²) in [7, 11) is 1.94. The smallest absolute Gasteiger partial charge is 0.214 e. The molecule has 4 aliphatic rings. The van der Waals surface area contributed by atoms with Gasteiger partial charge in [0.15, 0.2) is 5.72 Å². The third kappa shape index (κ3) is 3.35. The van der Waals surface area contributed by atoms with Gasteiger partial charge >= 0.3 is 0 Å². The van der Waals surface area contributed by atoms with Crippen molar-refractivity contribution in [2.45, 2.75) is 94.9 Å². The minimum atomic E-state index is -0.403. The Morgan fingerprint density at radius 2 is 1.65 bits per heavy atom. The number of para-hydroxylation sites is 1. The Morgan fingerprint density at radius 3 is 2.42 bits per heavy atom. The van der Waals surface area contributed by atoms with Gasteiger partial charge in [-0.1, -0.05) is 89.4 Å². The fourth-order valence-electron chi connectivity index (χ4n) is 9.35. The highest BCUT2D eigenvalue weighted by atomic mass is 32.1. The first-order valence-corrected chi connectivity index (χ1v) is 17.2. The van der Waals surface area contributed by atoms with Gasteiger partial charge in [-0.2, -0.15) is 4.57 Å². The largest absolute Gasteiger partial charge is 0.356 e. The number of aromatic nitrogens is 1. The maximum absolute atomic E-state index is 6.69. The zero-order chi connectivity index (χ0) is 29.2. The lowest BCUT2D eigenvalue weighted by atomic mass is 9.79. The number of thiophene rings is 1. The normalized spacial score (nSPS) is 25.0. The van der Waals surface area contributed by atoms with Crippen LogP contribution in [0.5, 0.6) is 0 Å². The van der Waals surface area contributed by atoms with E-state index in [-0.39, 0.29) is 17.4 Å². The summed E-state index contributed by atoms with van der Waals surface area (Å²) in [6, 6.07) is 26.3. The summed E-state index contributed by atoms with van der Waals surface area (Å²) in [5.41, 5.74) is 11.0. The van der Waals surface area contributed by atoms with Crippen molar-refractivity contribution < 1.29 is 9.30 Å². The molecule has 2 fully saturated rings. The van der Waals surface area contributed by atoms with E-state index < -0.39 is 5.72 Å². The molecule has 5 aromatic rings. The summed E-state index contributed by atoms with van der Waals surface area (Å²) >= 11 is 1.99. The van der Waals surface area contributed by atoms with E-state index in [2.05, 4.69) is 104 Å². The van der Waals surface area contributed by atoms with Crippen LogP contribution in [0.15, 0.2) is 66.7 Å². The van der Waals surface area contributed by atoms with Gasteiger partial charge < -0.3 is 4.74 Å². The predicted octanol–water partition coefficient (Wildman–Crippen LogP) is 9.36. The molecule has 3 aliphatic carbocycles. The van der Waals surface area contributed by atoms with Crippen molar-refractivity contribution in [2.75, 3.05) is 7.11 Å². The predicted molar refractivity (Wildman–Crippen MR) is 178 cm³/mol. The highest BCUT2D eigenvalue weighted by Crippen LogP contribution is 2.67. The molecule has 3 aromatic carbocycles. The zero-order valence-corrected chi connectivity index (χ0v) is 26.8. The summed E-state index contributed by atoms with van der Waals surface area (Å²) in [6.07, 6.45) is 6.46. The average molecular weight is 586 g/mol. The van der Waals surface area contributed by atoms with E-state index in [9.17, 15) is 0 Å². The zero-order valence-electron chi connectivity index (χ0n) is 26.0. The number of hydrogen-bond acceptors (Lipinski definition) is 3. The number of pyridine rings is 1. The lowest BCUT2D eigenvalue weighted by Crippen LogP contribution is -2.49. The minimum Gasteiger partial charge on any atom is -0.356 e. The van der Waals surface area contributed by atoms with Gasteiger partial charge in [-0.15, -0.1) is 11.3 Å². The van der Waals surface area contributed by atoms with Crippen molar-refractivity contribution in [1.82, 2.24) is 5.32 Å². The topological polar surface area (TPSA) is 25.1 Å². The van der Waals surface area contributed by atoms with Crippen molar-refractivity contribution in [3.63, 3.8) is 0 Å². The maximum atomic E-state index is 6.69. The Labute approximate surface area is 258 Å². The van der Waals surface area contributed by atoms with Crippen LogP contribution in [0.25, 0.3) is 42.7 Å². The Balaban J connectivity index is 1.38. The van der Waals surface area contributed by atoms with Gasteiger partial charge in [0.05, 0.1) is 5.56 Å².